The fourth-order valence-corrected chi connectivity index (χ4v) is 2.60. The van der Waals surface area contributed by atoms with E-state index in [0.717, 1.165) is 10.8 Å². The first kappa shape index (κ1) is 17.7. The van der Waals surface area contributed by atoms with Crippen LogP contribution in [0.25, 0.3) is 0 Å². The van der Waals surface area contributed by atoms with Crippen molar-refractivity contribution in [2.45, 2.75) is 19.6 Å². The molecule has 0 fully saturated rings. The maximum absolute atomic E-state index is 12.6. The zero-order chi connectivity index (χ0) is 19.9. The van der Waals surface area contributed by atoms with Gasteiger partial charge in [-0.2, -0.15) is 5.26 Å². The second-order valence-corrected chi connectivity index (χ2v) is 6.08. The largest absolute Gasteiger partial charge is 0.466 e. The Hall–Kier alpha value is -4.07. The van der Waals surface area contributed by atoms with Crippen molar-refractivity contribution in [3.8, 4) is 11.8 Å². The lowest BCUT2D eigenvalue weighted by Gasteiger charge is -2.30. The Morgan fingerprint density at radius 2 is 1.93 bits per heavy atom. The van der Waals surface area contributed by atoms with Gasteiger partial charge in [-0.1, -0.05) is 0 Å². The minimum absolute atomic E-state index is 0.0878. The van der Waals surface area contributed by atoms with Gasteiger partial charge in [-0.3, -0.25) is 29.6 Å². The van der Waals surface area contributed by atoms with Gasteiger partial charge in [-0.15, -0.1) is 0 Å². The molecule has 11 nitrogen and oxygen atoms in total. The molecule has 3 rings (SSSR count). The summed E-state index contributed by atoms with van der Waals surface area (Å²) in [6, 6.07) is 6.91. The minimum atomic E-state index is -1.14. The van der Waals surface area contributed by atoms with Crippen LogP contribution in [0.1, 0.15) is 25.0 Å². The molecule has 136 valence electrons. The van der Waals surface area contributed by atoms with E-state index in [2.05, 4.69) is 4.99 Å². The first-order valence-corrected chi connectivity index (χ1v) is 7.52. The van der Waals surface area contributed by atoms with E-state index in [1.807, 2.05) is 6.07 Å². The van der Waals surface area contributed by atoms with Gasteiger partial charge in [-0.25, -0.2) is 4.99 Å². The van der Waals surface area contributed by atoms with Gasteiger partial charge < -0.3 is 4.74 Å². The summed E-state index contributed by atoms with van der Waals surface area (Å²) in [6.07, 6.45) is 0.860. The smallest absolute Gasteiger partial charge is 0.341 e. The molecule has 0 radical (unpaired) electrons. The summed E-state index contributed by atoms with van der Waals surface area (Å²) in [6.45, 7) is 3.18. The average molecular weight is 369 g/mol. The molecular formula is C16H11N5O6. The molecule has 0 saturated heterocycles. The molecular weight excluding hydrogens is 358 g/mol. The number of fused-ring (bicyclic) bond motifs is 1. The molecule has 0 amide bonds. The van der Waals surface area contributed by atoms with Gasteiger partial charge in [0.05, 0.1) is 33.2 Å². The molecule has 0 aliphatic carbocycles. The van der Waals surface area contributed by atoms with E-state index in [4.69, 9.17) is 10.00 Å². The number of rotatable bonds is 2. The highest BCUT2D eigenvalue weighted by Crippen LogP contribution is 2.31. The Bertz CT molecular complexity index is 1130. The molecule has 0 atom stereocenters. The normalized spacial score (nSPS) is 14.3. The molecule has 2 heterocycles. The second-order valence-electron chi connectivity index (χ2n) is 6.08. The van der Waals surface area contributed by atoms with Crippen molar-refractivity contribution in [3.05, 3.63) is 72.2 Å². The monoisotopic (exact) mass is 369 g/mol. The Morgan fingerprint density at radius 3 is 2.52 bits per heavy atom. The van der Waals surface area contributed by atoms with Crippen molar-refractivity contribution >= 4 is 17.2 Å². The summed E-state index contributed by atoms with van der Waals surface area (Å²) >= 11 is 0. The molecule has 0 saturated carbocycles. The van der Waals surface area contributed by atoms with Gasteiger partial charge in [-0.05, 0) is 32.0 Å². The Kier molecular flexibility index (Phi) is 3.96. The zero-order valence-corrected chi connectivity index (χ0v) is 14.1. The molecule has 1 aliphatic heterocycles. The lowest BCUT2D eigenvalue weighted by Crippen LogP contribution is -2.38. The van der Waals surface area contributed by atoms with Gasteiger partial charge in [0, 0.05) is 0 Å². The van der Waals surface area contributed by atoms with Crippen molar-refractivity contribution in [1.82, 2.24) is 4.57 Å². The number of nitrogens with zero attached hydrogens (tertiary/aromatic N) is 5. The van der Waals surface area contributed by atoms with Crippen LogP contribution in [0, 0.1) is 31.6 Å². The predicted molar refractivity (Wildman–Crippen MR) is 91.8 cm³/mol. The molecule has 11 heteroatoms. The number of aliphatic imine (C=N–C) groups is 1. The Morgan fingerprint density at radius 1 is 1.22 bits per heavy atom. The van der Waals surface area contributed by atoms with Crippen LogP contribution in [0.5, 0.6) is 5.75 Å². The van der Waals surface area contributed by atoms with E-state index in [0.29, 0.717) is 6.07 Å². The van der Waals surface area contributed by atoms with Crippen LogP contribution in [-0.4, -0.2) is 26.0 Å². The van der Waals surface area contributed by atoms with E-state index >= 15 is 0 Å². The van der Waals surface area contributed by atoms with Crippen LogP contribution < -0.4 is 10.3 Å². The van der Waals surface area contributed by atoms with Crippen LogP contribution in [-0.2, 0) is 0 Å². The van der Waals surface area contributed by atoms with Gasteiger partial charge in [0.25, 0.3) is 5.69 Å². The highest BCUT2D eigenvalue weighted by Gasteiger charge is 2.32. The SMILES string of the molecule is CC1(C)N=C(n2cc([N+](=O)[O-])cc([N+](=O)[O-])c2=O)c2cc(C#N)ccc2O1. The van der Waals surface area contributed by atoms with Gasteiger partial charge in [0.1, 0.15) is 17.7 Å². The number of pyridine rings is 1. The van der Waals surface area contributed by atoms with E-state index in [9.17, 15) is 25.0 Å². The minimum Gasteiger partial charge on any atom is -0.466 e. The van der Waals surface area contributed by atoms with Crippen molar-refractivity contribution in [3.63, 3.8) is 0 Å². The summed E-state index contributed by atoms with van der Waals surface area (Å²) < 4.78 is 6.42. The first-order valence-electron chi connectivity index (χ1n) is 7.52. The average Bonchev–Trinajstić information content (AvgIpc) is 2.59. The van der Waals surface area contributed by atoms with Crippen LogP contribution in [0.4, 0.5) is 11.4 Å². The quantitative estimate of drug-likeness (QED) is 0.579. The van der Waals surface area contributed by atoms with Crippen molar-refractivity contribution < 1.29 is 14.6 Å². The van der Waals surface area contributed by atoms with Crippen molar-refractivity contribution in [1.29, 1.82) is 5.26 Å². The maximum atomic E-state index is 12.6. The standard InChI is InChI=1S/C16H11N5O6/c1-16(2)18-14(11-5-9(7-17)3-4-13(11)27-16)19-8-10(20(23)24)6-12(15(19)22)21(25)26/h3-6,8H,1-2H3. The molecule has 2 aromatic rings. The third-order valence-electron chi connectivity index (χ3n) is 3.70. The van der Waals surface area contributed by atoms with Crippen LogP contribution in [0.3, 0.4) is 0 Å². The molecule has 0 bridgehead atoms. The predicted octanol–water partition coefficient (Wildman–Crippen LogP) is 1.96. The Balaban J connectivity index is 2.38. The topological polar surface area (TPSA) is 154 Å². The molecule has 1 aromatic carbocycles. The number of hydrogen-bond acceptors (Lipinski definition) is 8. The molecule has 1 aliphatic rings. The fourth-order valence-electron chi connectivity index (χ4n) is 2.60. The van der Waals surface area contributed by atoms with Crippen LogP contribution >= 0.6 is 0 Å². The molecule has 0 N–H and O–H groups in total. The first-order chi connectivity index (χ1) is 12.6. The number of benzene rings is 1. The number of nitriles is 1. The highest BCUT2D eigenvalue weighted by molar-refractivity contribution is 6.04. The van der Waals surface area contributed by atoms with Gasteiger partial charge >= 0.3 is 11.2 Å². The third-order valence-corrected chi connectivity index (χ3v) is 3.70. The summed E-state index contributed by atoms with van der Waals surface area (Å²) in [5.41, 5.74) is -3.39. The summed E-state index contributed by atoms with van der Waals surface area (Å²) in [5, 5.41) is 31.4. The number of aromatic nitrogens is 1. The van der Waals surface area contributed by atoms with Crippen LogP contribution in [0.2, 0.25) is 0 Å². The number of nitro groups is 2. The molecule has 27 heavy (non-hydrogen) atoms. The zero-order valence-electron chi connectivity index (χ0n) is 14.1. The number of ether oxygens (including phenoxy) is 1. The molecule has 0 spiro atoms. The molecule has 0 unspecified atom stereocenters. The van der Waals surface area contributed by atoms with E-state index in [1.165, 1.54) is 18.2 Å². The second kappa shape index (κ2) is 6.03. The summed E-state index contributed by atoms with van der Waals surface area (Å²) in [7, 11) is 0. The van der Waals surface area contributed by atoms with Crippen LogP contribution in [0.15, 0.2) is 40.2 Å². The fraction of sp³-hybridized carbons (Fsp3) is 0.188. The van der Waals surface area contributed by atoms with E-state index < -0.39 is 32.5 Å². The lowest BCUT2D eigenvalue weighted by atomic mass is 10.1. The van der Waals surface area contributed by atoms with Gasteiger partial charge in [0.15, 0.2) is 5.72 Å². The number of hydrogen-bond donors (Lipinski definition) is 0. The summed E-state index contributed by atoms with van der Waals surface area (Å²) in [4.78, 5) is 37.3. The van der Waals surface area contributed by atoms with Crippen molar-refractivity contribution in [2.75, 3.05) is 0 Å². The summed E-state index contributed by atoms with van der Waals surface area (Å²) in [5.74, 6) is 0.195. The van der Waals surface area contributed by atoms with Gasteiger partial charge in [0.2, 0.25) is 0 Å². The lowest BCUT2D eigenvalue weighted by molar-refractivity contribution is -0.395. The maximum Gasteiger partial charge on any atom is 0.341 e. The third kappa shape index (κ3) is 3.11. The van der Waals surface area contributed by atoms with E-state index in [1.54, 1.807) is 13.8 Å². The Labute approximate surface area is 151 Å². The highest BCUT2D eigenvalue weighted by atomic mass is 16.6. The van der Waals surface area contributed by atoms with Crippen molar-refractivity contribution in [2.24, 2.45) is 4.99 Å². The van der Waals surface area contributed by atoms with E-state index in [-0.39, 0.29) is 22.7 Å². The molecule has 1 aromatic heterocycles.